The van der Waals surface area contributed by atoms with Gasteiger partial charge in [0.2, 0.25) is 21.8 Å². The van der Waals surface area contributed by atoms with Gasteiger partial charge in [0.05, 0.1) is 9.77 Å². The third kappa shape index (κ3) is 3.32. The standard InChI is InChI=1S/C18H22ClN3O4S2/c1-18-6-5-16(23)22(18)15(12-27-18)17(24)20-7-9-21(10-8-20)28(25,26)14-4-2-3-13(19)11-14/h2-4,11,15H,5-10,12H2,1H3/t15-,18+/m1/s1. The van der Waals surface area contributed by atoms with Crippen LogP contribution in [0.3, 0.4) is 0 Å². The molecule has 28 heavy (non-hydrogen) atoms. The average Bonchev–Trinajstić information content (AvgIpc) is 3.17. The van der Waals surface area contributed by atoms with Crippen LogP contribution in [0, 0.1) is 0 Å². The molecule has 3 fully saturated rings. The number of rotatable bonds is 3. The second kappa shape index (κ2) is 7.19. The number of nitrogens with zero attached hydrogens (tertiary/aromatic N) is 3. The molecule has 0 unspecified atom stereocenters. The molecule has 2 amide bonds. The summed E-state index contributed by atoms with van der Waals surface area (Å²) in [5, 5.41) is 0.368. The van der Waals surface area contributed by atoms with Crippen LogP contribution < -0.4 is 0 Å². The molecule has 0 aromatic heterocycles. The molecular formula is C18H22ClN3O4S2. The smallest absolute Gasteiger partial charge is 0.246 e. The van der Waals surface area contributed by atoms with Gasteiger partial charge in [-0.25, -0.2) is 8.42 Å². The molecule has 0 bridgehead atoms. The maximum absolute atomic E-state index is 13.0. The van der Waals surface area contributed by atoms with Gasteiger partial charge in [-0.15, -0.1) is 11.8 Å². The van der Waals surface area contributed by atoms with Crippen molar-refractivity contribution < 1.29 is 18.0 Å². The third-order valence-corrected chi connectivity index (χ3v) is 9.35. The lowest BCUT2D eigenvalue weighted by Gasteiger charge is -2.37. The summed E-state index contributed by atoms with van der Waals surface area (Å²) in [5.41, 5.74) is 0. The van der Waals surface area contributed by atoms with Gasteiger partial charge in [-0.1, -0.05) is 17.7 Å². The quantitative estimate of drug-likeness (QED) is 0.709. The zero-order valence-electron chi connectivity index (χ0n) is 15.5. The van der Waals surface area contributed by atoms with Crippen LogP contribution in [0.2, 0.25) is 5.02 Å². The highest BCUT2D eigenvalue weighted by Gasteiger charge is 2.53. The number of hydrogen-bond acceptors (Lipinski definition) is 5. The van der Waals surface area contributed by atoms with Gasteiger partial charge in [0.25, 0.3) is 0 Å². The van der Waals surface area contributed by atoms with E-state index in [2.05, 4.69) is 0 Å². The second-order valence-corrected chi connectivity index (χ2v) is 11.3. The summed E-state index contributed by atoms with van der Waals surface area (Å²) in [4.78, 5) is 28.6. The molecule has 0 radical (unpaired) electrons. The summed E-state index contributed by atoms with van der Waals surface area (Å²) >= 11 is 7.59. The highest BCUT2D eigenvalue weighted by atomic mass is 35.5. The molecule has 7 nitrogen and oxygen atoms in total. The fourth-order valence-corrected chi connectivity index (χ4v) is 7.29. The van der Waals surface area contributed by atoms with Gasteiger partial charge in [0, 0.05) is 43.4 Å². The molecule has 3 aliphatic heterocycles. The largest absolute Gasteiger partial charge is 0.338 e. The van der Waals surface area contributed by atoms with Crippen LogP contribution in [-0.4, -0.2) is 77.2 Å². The van der Waals surface area contributed by atoms with Gasteiger partial charge in [-0.05, 0) is 31.5 Å². The van der Waals surface area contributed by atoms with Crippen molar-refractivity contribution in [3.8, 4) is 0 Å². The fourth-order valence-electron chi connectivity index (χ4n) is 4.14. The van der Waals surface area contributed by atoms with Crippen LogP contribution in [0.5, 0.6) is 0 Å². The minimum absolute atomic E-state index is 0.0352. The number of amides is 2. The van der Waals surface area contributed by atoms with Crippen molar-refractivity contribution in [2.45, 2.75) is 35.6 Å². The molecule has 0 spiro atoms. The van der Waals surface area contributed by atoms with E-state index < -0.39 is 16.1 Å². The molecule has 1 aromatic rings. The Hall–Kier alpha value is -1.29. The Balaban J connectivity index is 1.43. The molecule has 2 atom stereocenters. The maximum atomic E-state index is 13.0. The molecule has 10 heteroatoms. The van der Waals surface area contributed by atoms with Crippen LogP contribution in [-0.2, 0) is 19.6 Å². The molecule has 0 aliphatic carbocycles. The van der Waals surface area contributed by atoms with Crippen LogP contribution in [0.15, 0.2) is 29.2 Å². The van der Waals surface area contributed by atoms with Gasteiger partial charge < -0.3 is 9.80 Å². The van der Waals surface area contributed by atoms with Crippen LogP contribution in [0.25, 0.3) is 0 Å². The number of sulfonamides is 1. The number of halogens is 1. The lowest BCUT2D eigenvalue weighted by atomic mass is 10.2. The predicted octanol–water partition coefficient (Wildman–Crippen LogP) is 1.63. The van der Waals surface area contributed by atoms with E-state index in [1.54, 1.807) is 33.7 Å². The molecular weight excluding hydrogens is 422 g/mol. The predicted molar refractivity (Wildman–Crippen MR) is 108 cm³/mol. The molecule has 4 rings (SSSR count). The highest BCUT2D eigenvalue weighted by Crippen LogP contribution is 2.47. The van der Waals surface area contributed by atoms with Gasteiger partial charge in [0.15, 0.2) is 0 Å². The van der Waals surface area contributed by atoms with Gasteiger partial charge in [-0.3, -0.25) is 9.59 Å². The van der Waals surface area contributed by atoms with E-state index >= 15 is 0 Å². The topological polar surface area (TPSA) is 78.0 Å². The van der Waals surface area contributed by atoms with Gasteiger partial charge >= 0.3 is 0 Å². The zero-order valence-corrected chi connectivity index (χ0v) is 17.9. The number of fused-ring (bicyclic) bond motifs is 1. The first-order valence-electron chi connectivity index (χ1n) is 9.23. The first-order chi connectivity index (χ1) is 13.2. The number of piperazine rings is 1. The van der Waals surface area contributed by atoms with E-state index in [0.717, 1.165) is 6.42 Å². The first-order valence-corrected chi connectivity index (χ1v) is 12.0. The number of carbonyl (C=O) groups is 2. The fraction of sp³-hybridized carbons (Fsp3) is 0.556. The van der Waals surface area contributed by atoms with Crippen LogP contribution >= 0.6 is 23.4 Å². The zero-order chi connectivity index (χ0) is 20.1. The lowest BCUT2D eigenvalue weighted by molar-refractivity contribution is -0.144. The third-order valence-electron chi connectivity index (χ3n) is 5.71. The van der Waals surface area contributed by atoms with Crippen molar-refractivity contribution >= 4 is 45.2 Å². The molecule has 3 saturated heterocycles. The normalized spacial score (nSPS) is 28.6. The average molecular weight is 444 g/mol. The highest BCUT2D eigenvalue weighted by molar-refractivity contribution is 8.01. The van der Waals surface area contributed by atoms with Crippen molar-refractivity contribution in [1.82, 2.24) is 14.1 Å². The Labute approximate surface area is 174 Å². The van der Waals surface area contributed by atoms with Crippen LogP contribution in [0.1, 0.15) is 19.8 Å². The summed E-state index contributed by atoms with van der Waals surface area (Å²) in [5.74, 6) is 0.557. The van der Waals surface area contributed by atoms with Gasteiger partial charge in [0.1, 0.15) is 6.04 Å². The van der Waals surface area contributed by atoms with Crippen molar-refractivity contribution in [3.63, 3.8) is 0 Å². The molecule has 0 saturated carbocycles. The second-order valence-electron chi connectivity index (χ2n) is 7.45. The summed E-state index contributed by atoms with van der Waals surface area (Å²) in [6.45, 7) is 3.11. The lowest BCUT2D eigenvalue weighted by Crippen LogP contribution is -2.56. The first kappa shape index (κ1) is 20.0. The van der Waals surface area contributed by atoms with E-state index in [4.69, 9.17) is 11.6 Å². The summed E-state index contributed by atoms with van der Waals surface area (Å²) in [6, 6.07) is 5.75. The Kier molecular flexibility index (Phi) is 5.14. The molecule has 152 valence electrons. The molecule has 0 N–H and O–H groups in total. The monoisotopic (exact) mass is 443 g/mol. The number of hydrogen-bond donors (Lipinski definition) is 0. The molecule has 3 heterocycles. The Morgan fingerprint density at radius 1 is 1.25 bits per heavy atom. The number of thioether (sulfide) groups is 1. The van der Waals surface area contributed by atoms with E-state index in [9.17, 15) is 18.0 Å². The van der Waals surface area contributed by atoms with Crippen molar-refractivity contribution in [2.75, 3.05) is 31.9 Å². The van der Waals surface area contributed by atoms with E-state index in [1.165, 1.54) is 16.4 Å². The molecule has 1 aromatic carbocycles. The van der Waals surface area contributed by atoms with E-state index in [-0.39, 0.29) is 34.7 Å². The van der Waals surface area contributed by atoms with Crippen molar-refractivity contribution in [1.29, 1.82) is 0 Å². The number of benzene rings is 1. The summed E-state index contributed by atoms with van der Waals surface area (Å²) in [6.07, 6.45) is 1.25. The Morgan fingerprint density at radius 3 is 2.64 bits per heavy atom. The minimum atomic E-state index is -3.64. The summed E-state index contributed by atoms with van der Waals surface area (Å²) < 4.78 is 27.0. The van der Waals surface area contributed by atoms with E-state index in [1.807, 2.05) is 6.92 Å². The van der Waals surface area contributed by atoms with Crippen molar-refractivity contribution in [3.05, 3.63) is 29.3 Å². The van der Waals surface area contributed by atoms with Crippen LogP contribution in [0.4, 0.5) is 0 Å². The summed E-state index contributed by atoms with van der Waals surface area (Å²) in [7, 11) is -3.64. The maximum Gasteiger partial charge on any atom is 0.246 e. The number of carbonyl (C=O) groups excluding carboxylic acids is 2. The minimum Gasteiger partial charge on any atom is -0.338 e. The van der Waals surface area contributed by atoms with Crippen molar-refractivity contribution in [2.24, 2.45) is 0 Å². The Bertz CT molecular complexity index is 917. The molecule has 3 aliphatic rings. The van der Waals surface area contributed by atoms with Gasteiger partial charge in [-0.2, -0.15) is 4.31 Å². The SMILES string of the molecule is C[C@]12CCC(=O)N1[C@@H](C(=O)N1CCN(S(=O)(=O)c3cccc(Cl)c3)CC1)CS2. The Morgan fingerprint density at radius 2 is 1.96 bits per heavy atom. The van der Waals surface area contributed by atoms with E-state index in [0.29, 0.717) is 30.3 Å².